The van der Waals surface area contributed by atoms with Crippen LogP contribution in [0, 0.1) is 0 Å². The van der Waals surface area contributed by atoms with E-state index in [2.05, 4.69) is 16.0 Å². The first-order valence-corrected chi connectivity index (χ1v) is 9.36. The molecule has 5 nitrogen and oxygen atoms in total. The first-order valence-electron chi connectivity index (χ1n) is 8.48. The number of thiazole rings is 1. The molecule has 0 fully saturated rings. The summed E-state index contributed by atoms with van der Waals surface area (Å²) in [6, 6.07) is 12.0. The molecule has 1 aromatic carbocycles. The first kappa shape index (κ1) is 15.3. The second kappa shape index (κ2) is 5.78. The minimum absolute atomic E-state index is 0.0317. The summed E-state index contributed by atoms with van der Waals surface area (Å²) in [7, 11) is 1.97. The van der Waals surface area contributed by atoms with Gasteiger partial charge in [0, 0.05) is 48.0 Å². The molecule has 0 saturated carbocycles. The zero-order valence-electron chi connectivity index (χ0n) is 14.2. The van der Waals surface area contributed by atoms with Gasteiger partial charge in [-0.1, -0.05) is 18.2 Å². The lowest BCUT2D eigenvalue weighted by molar-refractivity contribution is 0.0985. The average Bonchev–Trinajstić information content (AvgIpc) is 3.38. The lowest BCUT2D eigenvalue weighted by atomic mass is 10.2. The van der Waals surface area contributed by atoms with Gasteiger partial charge in [-0.3, -0.25) is 4.79 Å². The van der Waals surface area contributed by atoms with Crippen LogP contribution >= 0.6 is 11.3 Å². The molecule has 1 amide bonds. The maximum Gasteiger partial charge on any atom is 0.277 e. The highest BCUT2D eigenvalue weighted by Gasteiger charge is 2.27. The maximum atomic E-state index is 13.0. The fourth-order valence-electron chi connectivity index (χ4n) is 3.57. The summed E-state index contributed by atoms with van der Waals surface area (Å²) < 4.78 is 1.99. The maximum absolute atomic E-state index is 13.0. The minimum Gasteiger partial charge on any atom is -0.335 e. The van der Waals surface area contributed by atoms with Crippen LogP contribution in [0.1, 0.15) is 16.1 Å². The van der Waals surface area contributed by atoms with Crippen LogP contribution in [0.3, 0.4) is 0 Å². The molecule has 0 spiro atoms. The number of amides is 1. The topological polar surface area (TPSA) is 51.0 Å². The number of fused-ring (bicyclic) bond motifs is 2. The first-order chi connectivity index (χ1) is 12.7. The lowest BCUT2D eigenvalue weighted by Gasteiger charge is -2.15. The predicted octanol–water partition coefficient (Wildman–Crippen LogP) is 3.90. The van der Waals surface area contributed by atoms with Crippen molar-refractivity contribution in [3.05, 3.63) is 65.4 Å². The van der Waals surface area contributed by atoms with Gasteiger partial charge in [0.1, 0.15) is 16.3 Å². The molecule has 5 rings (SSSR count). The zero-order chi connectivity index (χ0) is 17.7. The molecule has 0 atom stereocenters. The number of aromatic nitrogens is 3. The van der Waals surface area contributed by atoms with Crippen LogP contribution in [-0.4, -0.2) is 27.0 Å². The normalized spacial score (nSPS) is 13.3. The molecule has 0 unspecified atom stereocenters. The zero-order valence-corrected chi connectivity index (χ0v) is 15.0. The van der Waals surface area contributed by atoms with E-state index >= 15 is 0 Å². The van der Waals surface area contributed by atoms with Gasteiger partial charge < -0.3 is 9.47 Å². The molecule has 1 aliphatic rings. The Bertz CT molecular complexity index is 1140. The molecule has 0 saturated heterocycles. The molecule has 0 aliphatic carbocycles. The fraction of sp³-hybridized carbons (Fsp3) is 0.150. The Balaban J connectivity index is 1.52. The summed E-state index contributed by atoms with van der Waals surface area (Å²) in [5.74, 6) is -0.0317. The predicted molar refractivity (Wildman–Crippen MR) is 104 cm³/mol. The van der Waals surface area contributed by atoms with E-state index < -0.39 is 0 Å². The van der Waals surface area contributed by atoms with Gasteiger partial charge in [0.05, 0.1) is 0 Å². The van der Waals surface area contributed by atoms with Crippen molar-refractivity contribution in [1.82, 2.24) is 14.5 Å². The Labute approximate surface area is 154 Å². The number of hydrogen-bond donors (Lipinski definition) is 0. The van der Waals surface area contributed by atoms with Crippen molar-refractivity contribution in [2.75, 3.05) is 11.4 Å². The third-order valence-corrected chi connectivity index (χ3v) is 5.70. The van der Waals surface area contributed by atoms with Gasteiger partial charge in [-0.25, -0.2) is 9.97 Å². The molecule has 0 radical (unpaired) electrons. The number of rotatable bonds is 2. The second-order valence-electron chi connectivity index (χ2n) is 6.40. The Morgan fingerprint density at radius 1 is 1.19 bits per heavy atom. The number of carbonyl (C=O) groups is 1. The van der Waals surface area contributed by atoms with Crippen LogP contribution in [0.15, 0.2) is 54.2 Å². The van der Waals surface area contributed by atoms with Gasteiger partial charge in [-0.2, -0.15) is 0 Å². The van der Waals surface area contributed by atoms with Gasteiger partial charge in [0.15, 0.2) is 0 Å². The van der Waals surface area contributed by atoms with Crippen LogP contribution in [0.5, 0.6) is 0 Å². The van der Waals surface area contributed by atoms with Crippen molar-refractivity contribution < 1.29 is 4.79 Å². The van der Waals surface area contributed by atoms with Gasteiger partial charge in [-0.15, -0.1) is 11.3 Å². The van der Waals surface area contributed by atoms with Crippen molar-refractivity contribution in [1.29, 1.82) is 0 Å². The molecule has 6 heteroatoms. The molecule has 3 aromatic heterocycles. The van der Waals surface area contributed by atoms with Crippen molar-refractivity contribution in [3.63, 3.8) is 0 Å². The highest BCUT2D eigenvalue weighted by Crippen LogP contribution is 2.33. The summed E-state index contributed by atoms with van der Waals surface area (Å²) in [6.45, 7) is 0.712. The van der Waals surface area contributed by atoms with Crippen molar-refractivity contribution in [2.24, 2.45) is 7.05 Å². The molecule has 1 aliphatic heterocycles. The van der Waals surface area contributed by atoms with E-state index in [9.17, 15) is 4.79 Å². The number of benzene rings is 1. The Morgan fingerprint density at radius 2 is 2.08 bits per heavy atom. The summed E-state index contributed by atoms with van der Waals surface area (Å²) >= 11 is 1.50. The standard InChI is InChI=1S/C20H16N4OS/c1-23-11-15(14-6-4-9-21-18(14)23)19-22-16(12-26-19)20(25)24-10-8-13-5-2-3-7-17(13)24/h2-7,9,11-12H,8,10H2,1H3. The van der Waals surface area contributed by atoms with E-state index in [0.29, 0.717) is 12.2 Å². The third-order valence-electron chi connectivity index (χ3n) is 4.82. The number of nitrogens with zero attached hydrogens (tertiary/aromatic N) is 4. The number of pyridine rings is 1. The Morgan fingerprint density at radius 3 is 3.00 bits per heavy atom. The van der Waals surface area contributed by atoms with Gasteiger partial charge >= 0.3 is 0 Å². The highest BCUT2D eigenvalue weighted by atomic mass is 32.1. The van der Waals surface area contributed by atoms with Crippen molar-refractivity contribution in [3.8, 4) is 10.6 Å². The summed E-state index contributed by atoms with van der Waals surface area (Å²) in [6.07, 6.45) is 4.71. The van der Waals surface area contributed by atoms with Crippen LogP contribution in [0.2, 0.25) is 0 Å². The number of hydrogen-bond acceptors (Lipinski definition) is 4. The van der Waals surface area contributed by atoms with Crippen LogP contribution in [-0.2, 0) is 13.5 Å². The molecule has 4 aromatic rings. The fourth-order valence-corrected chi connectivity index (χ4v) is 4.38. The quantitative estimate of drug-likeness (QED) is 0.545. The van der Waals surface area contributed by atoms with E-state index in [1.54, 1.807) is 6.20 Å². The molecule has 0 N–H and O–H groups in total. The van der Waals surface area contributed by atoms with Gasteiger partial charge in [0.25, 0.3) is 5.91 Å². The Kier molecular flexibility index (Phi) is 3.39. The van der Waals surface area contributed by atoms with E-state index in [1.165, 1.54) is 16.9 Å². The number of aryl methyl sites for hydroxylation is 1. The van der Waals surface area contributed by atoms with E-state index in [-0.39, 0.29) is 5.91 Å². The molecule has 0 bridgehead atoms. The summed E-state index contributed by atoms with van der Waals surface area (Å²) in [5, 5.41) is 3.75. The summed E-state index contributed by atoms with van der Waals surface area (Å²) in [5.41, 5.74) is 4.65. The Hall–Kier alpha value is -2.99. The molecule has 26 heavy (non-hydrogen) atoms. The van der Waals surface area contributed by atoms with E-state index in [4.69, 9.17) is 0 Å². The van der Waals surface area contributed by atoms with Crippen LogP contribution in [0.25, 0.3) is 21.6 Å². The van der Waals surface area contributed by atoms with Crippen LogP contribution in [0.4, 0.5) is 5.69 Å². The molecule has 4 heterocycles. The SMILES string of the molecule is Cn1cc(-c2nc(C(=O)N3CCc4ccccc43)cs2)c2cccnc21. The number of para-hydroxylation sites is 1. The van der Waals surface area contributed by atoms with Crippen LogP contribution < -0.4 is 4.90 Å². The highest BCUT2D eigenvalue weighted by molar-refractivity contribution is 7.13. The van der Waals surface area contributed by atoms with E-state index in [1.807, 2.05) is 58.4 Å². The molecular formula is C20H16N4OS. The lowest BCUT2D eigenvalue weighted by Crippen LogP contribution is -2.29. The minimum atomic E-state index is -0.0317. The van der Waals surface area contributed by atoms with Crippen molar-refractivity contribution in [2.45, 2.75) is 6.42 Å². The van der Waals surface area contributed by atoms with E-state index in [0.717, 1.165) is 33.7 Å². The molecular weight excluding hydrogens is 344 g/mol. The monoisotopic (exact) mass is 360 g/mol. The largest absolute Gasteiger partial charge is 0.335 e. The average molecular weight is 360 g/mol. The van der Waals surface area contributed by atoms with Crippen molar-refractivity contribution >= 4 is 34.0 Å². The smallest absolute Gasteiger partial charge is 0.277 e. The number of carbonyl (C=O) groups excluding carboxylic acids is 1. The molecule has 128 valence electrons. The third kappa shape index (κ3) is 2.26. The van der Waals surface area contributed by atoms with Gasteiger partial charge in [-0.05, 0) is 30.2 Å². The number of anilines is 1. The summed E-state index contributed by atoms with van der Waals surface area (Å²) in [4.78, 5) is 23.9. The second-order valence-corrected chi connectivity index (χ2v) is 7.26. The van der Waals surface area contributed by atoms with Gasteiger partial charge in [0.2, 0.25) is 0 Å².